The van der Waals surface area contributed by atoms with E-state index in [1.54, 1.807) is 0 Å². The Morgan fingerprint density at radius 2 is 2.10 bits per heavy atom. The molecule has 0 saturated carbocycles. The molecule has 56 valence electrons. The lowest BCUT2D eigenvalue weighted by atomic mass is 10.7. The lowest BCUT2D eigenvalue weighted by Crippen LogP contribution is -2.16. The van der Waals surface area contributed by atoms with E-state index in [4.69, 9.17) is 0 Å². The summed E-state index contributed by atoms with van der Waals surface area (Å²) in [6.07, 6.45) is -3.57. The Hall–Kier alpha value is -1.13. The van der Waals surface area contributed by atoms with Gasteiger partial charge in [-0.15, -0.1) is 13.2 Å². The van der Waals surface area contributed by atoms with Crippen LogP contribution in [0.5, 0.6) is 5.95 Å². The molecule has 10 heavy (non-hydrogen) atoms. The van der Waals surface area contributed by atoms with Crippen LogP contribution >= 0.6 is 0 Å². The van der Waals surface area contributed by atoms with Gasteiger partial charge in [0.2, 0.25) is 0 Å². The fourth-order valence-corrected chi connectivity index (χ4v) is 0.436. The molecule has 0 aliphatic heterocycles. The Morgan fingerprint density at radius 3 is 2.50 bits per heavy atom. The molecular weight excluding hydrogens is 149 g/mol. The Bertz CT molecular complexity index is 189. The van der Waals surface area contributed by atoms with Crippen LogP contribution in [0.2, 0.25) is 0 Å². The first-order valence-electron chi connectivity index (χ1n) is 2.37. The summed E-state index contributed by atoms with van der Waals surface area (Å²) in [6, 6.07) is 2.38. The lowest BCUT2D eigenvalue weighted by Gasteiger charge is -2.03. The molecule has 0 aliphatic carbocycles. The van der Waals surface area contributed by atoms with Crippen molar-refractivity contribution in [2.45, 2.75) is 6.36 Å². The van der Waals surface area contributed by atoms with Gasteiger partial charge in [0.1, 0.15) is 0 Å². The van der Waals surface area contributed by atoms with Gasteiger partial charge >= 0.3 is 6.36 Å². The molecule has 0 unspecified atom stereocenters. The number of hydrogen-bond donors (Lipinski definition) is 0. The van der Waals surface area contributed by atoms with Crippen molar-refractivity contribution in [2.75, 3.05) is 0 Å². The van der Waals surface area contributed by atoms with Crippen molar-refractivity contribution in [1.29, 1.82) is 0 Å². The lowest BCUT2D eigenvalue weighted by molar-refractivity contribution is -0.280. The predicted molar refractivity (Wildman–Crippen MR) is 25.4 cm³/mol. The second-order valence-electron chi connectivity index (χ2n) is 1.48. The van der Waals surface area contributed by atoms with Crippen molar-refractivity contribution >= 4 is 0 Å². The van der Waals surface area contributed by atoms with E-state index in [0.717, 1.165) is 12.3 Å². The zero-order valence-corrected chi connectivity index (χ0v) is 4.68. The molecule has 1 aromatic heterocycles. The quantitative estimate of drug-likeness (QED) is 0.615. The highest BCUT2D eigenvalue weighted by atomic mass is 19.4. The topological polar surface area (TPSA) is 22.4 Å². The van der Waals surface area contributed by atoms with Crippen molar-refractivity contribution in [2.24, 2.45) is 0 Å². The number of furan rings is 1. The van der Waals surface area contributed by atoms with E-state index in [-0.39, 0.29) is 0 Å². The van der Waals surface area contributed by atoms with Crippen molar-refractivity contribution < 1.29 is 22.3 Å². The van der Waals surface area contributed by atoms with Crippen molar-refractivity contribution in [3.05, 3.63) is 18.4 Å². The van der Waals surface area contributed by atoms with E-state index in [1.165, 1.54) is 6.07 Å². The summed E-state index contributed by atoms with van der Waals surface area (Å²) < 4.78 is 41.7. The van der Waals surface area contributed by atoms with Gasteiger partial charge in [0, 0.05) is 6.07 Å². The van der Waals surface area contributed by atoms with Crippen LogP contribution in [-0.2, 0) is 0 Å². The smallest absolute Gasteiger partial charge is 0.434 e. The van der Waals surface area contributed by atoms with Gasteiger partial charge in [-0.3, -0.25) is 0 Å². The molecule has 0 spiro atoms. The Morgan fingerprint density at radius 1 is 1.40 bits per heavy atom. The monoisotopic (exact) mass is 152 g/mol. The number of ether oxygens (including phenoxy) is 1. The van der Waals surface area contributed by atoms with Crippen LogP contribution in [0, 0.1) is 0 Å². The summed E-state index contributed by atoms with van der Waals surface area (Å²) in [4.78, 5) is 0. The summed E-state index contributed by atoms with van der Waals surface area (Å²) >= 11 is 0. The number of alkyl halides is 3. The van der Waals surface area contributed by atoms with Crippen LogP contribution in [-0.4, -0.2) is 6.36 Å². The first-order chi connectivity index (χ1) is 4.58. The zero-order valence-electron chi connectivity index (χ0n) is 4.68. The molecule has 0 radical (unpaired) electrons. The van der Waals surface area contributed by atoms with E-state index < -0.39 is 12.3 Å². The molecule has 0 saturated heterocycles. The van der Waals surface area contributed by atoms with E-state index in [2.05, 4.69) is 9.15 Å². The minimum atomic E-state index is -4.67. The van der Waals surface area contributed by atoms with Gasteiger partial charge in [-0.1, -0.05) is 0 Å². The molecule has 2 nitrogen and oxygen atoms in total. The maximum atomic E-state index is 11.3. The second kappa shape index (κ2) is 2.24. The largest absolute Gasteiger partial charge is 0.575 e. The predicted octanol–water partition coefficient (Wildman–Crippen LogP) is 2.18. The van der Waals surface area contributed by atoms with Gasteiger partial charge in [0.05, 0.1) is 6.26 Å². The molecule has 0 N–H and O–H groups in total. The minimum Gasteiger partial charge on any atom is -0.434 e. The van der Waals surface area contributed by atoms with Crippen molar-refractivity contribution in [3.63, 3.8) is 0 Å². The van der Waals surface area contributed by atoms with E-state index >= 15 is 0 Å². The highest BCUT2D eigenvalue weighted by Gasteiger charge is 2.32. The third kappa shape index (κ3) is 2.00. The molecule has 0 atom stereocenters. The van der Waals surface area contributed by atoms with Crippen molar-refractivity contribution in [3.8, 4) is 5.95 Å². The molecule has 0 aromatic carbocycles. The van der Waals surface area contributed by atoms with E-state index in [1.807, 2.05) is 0 Å². The first-order valence-corrected chi connectivity index (χ1v) is 2.37. The fourth-order valence-electron chi connectivity index (χ4n) is 0.436. The summed E-state index contributed by atoms with van der Waals surface area (Å²) in [5, 5.41) is 0. The third-order valence-corrected chi connectivity index (χ3v) is 0.711. The summed E-state index contributed by atoms with van der Waals surface area (Å²) in [7, 11) is 0. The molecule has 0 bridgehead atoms. The summed E-state index contributed by atoms with van der Waals surface area (Å²) in [5.41, 5.74) is 0. The molecule has 1 heterocycles. The number of rotatable bonds is 1. The van der Waals surface area contributed by atoms with Gasteiger partial charge in [-0.25, -0.2) is 0 Å². The molecule has 0 fully saturated rings. The molecular formula is C5H3F3O2. The summed E-state index contributed by atoms with van der Waals surface area (Å²) in [6.45, 7) is 0. The maximum absolute atomic E-state index is 11.3. The van der Waals surface area contributed by atoms with Gasteiger partial charge < -0.3 is 9.15 Å². The Balaban J connectivity index is 2.57. The zero-order chi connectivity index (χ0) is 7.61. The van der Waals surface area contributed by atoms with E-state index in [9.17, 15) is 13.2 Å². The highest BCUT2D eigenvalue weighted by Crippen LogP contribution is 2.22. The van der Waals surface area contributed by atoms with Gasteiger partial charge in [-0.05, 0) is 6.07 Å². The number of halogens is 3. The first kappa shape index (κ1) is 6.98. The molecule has 1 rings (SSSR count). The normalized spacial score (nSPS) is 11.5. The SMILES string of the molecule is FC(F)(F)Oc1ccco1. The Labute approximate surface area is 54.2 Å². The second-order valence-corrected chi connectivity index (χ2v) is 1.48. The molecule has 0 amide bonds. The van der Waals surface area contributed by atoms with Crippen LogP contribution in [0.3, 0.4) is 0 Å². The van der Waals surface area contributed by atoms with Gasteiger partial charge in [-0.2, -0.15) is 0 Å². The Kier molecular flexibility index (Phi) is 1.57. The average molecular weight is 152 g/mol. The van der Waals surface area contributed by atoms with Gasteiger partial charge in [0.25, 0.3) is 5.95 Å². The maximum Gasteiger partial charge on any atom is 0.575 e. The van der Waals surface area contributed by atoms with Crippen LogP contribution in [0.4, 0.5) is 13.2 Å². The molecule has 0 aliphatic rings. The third-order valence-electron chi connectivity index (χ3n) is 0.711. The average Bonchev–Trinajstić information content (AvgIpc) is 2.12. The standard InChI is InChI=1S/C5H3F3O2/c6-5(7,8)10-4-2-1-3-9-4/h1-3H. The van der Waals surface area contributed by atoms with Crippen LogP contribution in [0.1, 0.15) is 0 Å². The summed E-state index contributed by atoms with van der Waals surface area (Å²) in [5.74, 6) is -0.549. The molecule has 1 aromatic rings. The van der Waals surface area contributed by atoms with E-state index in [0.29, 0.717) is 0 Å². The van der Waals surface area contributed by atoms with Crippen LogP contribution in [0.15, 0.2) is 22.8 Å². The van der Waals surface area contributed by atoms with Crippen LogP contribution in [0.25, 0.3) is 0 Å². The highest BCUT2D eigenvalue weighted by molar-refractivity contribution is 5.03. The van der Waals surface area contributed by atoms with Gasteiger partial charge in [0.15, 0.2) is 0 Å². The van der Waals surface area contributed by atoms with Crippen molar-refractivity contribution in [1.82, 2.24) is 0 Å². The molecule has 5 heteroatoms. The van der Waals surface area contributed by atoms with Crippen LogP contribution < -0.4 is 4.74 Å². The minimum absolute atomic E-state index is 0.549. The fraction of sp³-hybridized carbons (Fsp3) is 0.200. The number of hydrogen-bond acceptors (Lipinski definition) is 2.